The van der Waals surface area contributed by atoms with Crippen LogP contribution < -0.4 is 4.74 Å². The van der Waals surface area contributed by atoms with Crippen molar-refractivity contribution in [2.24, 2.45) is 7.05 Å². The number of aryl methyl sites for hydroxylation is 1. The van der Waals surface area contributed by atoms with E-state index < -0.39 is 5.60 Å². The second-order valence-electron chi connectivity index (χ2n) is 8.06. The number of imidazole rings is 1. The Morgan fingerprint density at radius 2 is 1.76 bits per heavy atom. The maximum absolute atomic E-state index is 14.1. The molecule has 5 aromatic rings. The lowest BCUT2D eigenvalue weighted by molar-refractivity contribution is 0.117. The zero-order chi connectivity index (χ0) is 23.9. The van der Waals surface area contributed by atoms with Crippen molar-refractivity contribution in [3.63, 3.8) is 0 Å². The second kappa shape index (κ2) is 8.56. The number of fused-ring (bicyclic) bond motifs is 1. The number of hydrogen-bond donors (Lipinski definition) is 1. The number of ether oxygens (including phenoxy) is 1. The topological polar surface area (TPSA) is 60.2 Å². The monoisotopic (exact) mass is 473 g/mol. The van der Waals surface area contributed by atoms with Crippen molar-refractivity contribution < 1.29 is 14.2 Å². The van der Waals surface area contributed by atoms with Crippen LogP contribution in [0, 0.1) is 5.82 Å². The number of nitrogens with zero attached hydrogens (tertiary/aromatic N) is 3. The lowest BCUT2D eigenvalue weighted by Crippen LogP contribution is -2.31. The molecule has 2 aromatic heterocycles. The van der Waals surface area contributed by atoms with Crippen LogP contribution in [-0.4, -0.2) is 26.8 Å². The fraction of sp³-hybridized carbons (Fsp3) is 0.111. The first kappa shape index (κ1) is 22.1. The highest BCUT2D eigenvalue weighted by atomic mass is 35.5. The van der Waals surface area contributed by atoms with Crippen molar-refractivity contribution >= 4 is 22.5 Å². The molecule has 7 heteroatoms. The number of benzene rings is 3. The molecule has 170 valence electrons. The first-order chi connectivity index (χ1) is 16.4. The molecular formula is C27H21ClFN3O2. The molecule has 0 radical (unpaired) electrons. The summed E-state index contributed by atoms with van der Waals surface area (Å²) in [6.45, 7) is 0. The lowest BCUT2D eigenvalue weighted by Gasteiger charge is -2.30. The molecule has 2 heterocycles. The highest BCUT2D eigenvalue weighted by Crippen LogP contribution is 2.40. The van der Waals surface area contributed by atoms with Crippen molar-refractivity contribution in [3.8, 4) is 17.0 Å². The zero-order valence-corrected chi connectivity index (χ0v) is 19.3. The predicted octanol–water partition coefficient (Wildman–Crippen LogP) is 5.72. The molecule has 1 atom stereocenters. The average molecular weight is 474 g/mol. The first-order valence-corrected chi connectivity index (χ1v) is 11.0. The first-order valence-electron chi connectivity index (χ1n) is 10.6. The number of hydrogen-bond acceptors (Lipinski definition) is 4. The Morgan fingerprint density at radius 1 is 1.00 bits per heavy atom. The van der Waals surface area contributed by atoms with Crippen molar-refractivity contribution in [3.05, 3.63) is 113 Å². The molecule has 0 fully saturated rings. The summed E-state index contributed by atoms with van der Waals surface area (Å²) in [5.74, 6) is 0.0734. The standard InChI is InChI=1S/C27H21ClFN3O2/c1-32-16-30-15-25(32)27(33,18-6-9-20(28)10-7-18)19-8-11-24-23(13-19)22(14-26(31-24)34-2)17-4-3-5-21(29)12-17/h3-16,33H,1-2H3. The molecule has 34 heavy (non-hydrogen) atoms. The molecule has 0 aliphatic heterocycles. The van der Waals surface area contributed by atoms with Crippen LogP contribution in [0.5, 0.6) is 5.88 Å². The molecule has 0 bridgehead atoms. The Balaban J connectivity index is 1.80. The van der Waals surface area contributed by atoms with Crippen molar-refractivity contribution in [2.45, 2.75) is 5.60 Å². The molecule has 0 spiro atoms. The number of aliphatic hydroxyl groups is 1. The number of halogens is 2. The van der Waals surface area contributed by atoms with E-state index in [4.69, 9.17) is 16.3 Å². The molecular weight excluding hydrogens is 453 g/mol. The highest BCUT2D eigenvalue weighted by Gasteiger charge is 2.37. The van der Waals surface area contributed by atoms with Gasteiger partial charge in [-0.15, -0.1) is 0 Å². The maximum Gasteiger partial charge on any atom is 0.214 e. The molecule has 1 unspecified atom stereocenters. The SMILES string of the molecule is COc1cc(-c2cccc(F)c2)c2cc(C(O)(c3ccc(Cl)cc3)c3cncn3C)ccc2n1. The van der Waals surface area contributed by atoms with Gasteiger partial charge in [-0.3, -0.25) is 0 Å². The normalized spacial score (nSPS) is 13.1. The van der Waals surface area contributed by atoms with E-state index in [1.807, 2.05) is 31.3 Å². The molecule has 1 N–H and O–H groups in total. The molecule has 0 saturated heterocycles. The number of aromatic nitrogens is 3. The summed E-state index contributed by atoms with van der Waals surface area (Å²) in [7, 11) is 3.37. The molecule has 3 aromatic carbocycles. The predicted molar refractivity (Wildman–Crippen MR) is 130 cm³/mol. The number of rotatable bonds is 5. The van der Waals surface area contributed by atoms with Crippen LogP contribution >= 0.6 is 11.6 Å². The van der Waals surface area contributed by atoms with Crippen molar-refractivity contribution in [1.82, 2.24) is 14.5 Å². The minimum atomic E-state index is -1.52. The van der Waals surface area contributed by atoms with Gasteiger partial charge in [-0.05, 0) is 58.7 Å². The van der Waals surface area contributed by atoms with Gasteiger partial charge >= 0.3 is 0 Å². The summed E-state index contributed by atoms with van der Waals surface area (Å²) in [4.78, 5) is 8.78. The van der Waals surface area contributed by atoms with Crippen LogP contribution in [-0.2, 0) is 12.6 Å². The third kappa shape index (κ3) is 3.71. The van der Waals surface area contributed by atoms with E-state index in [2.05, 4.69) is 9.97 Å². The van der Waals surface area contributed by atoms with Crippen LogP contribution in [0.4, 0.5) is 4.39 Å². The Morgan fingerprint density at radius 3 is 2.44 bits per heavy atom. The van der Waals surface area contributed by atoms with Gasteiger partial charge < -0.3 is 14.4 Å². The third-order valence-corrected chi connectivity index (χ3v) is 6.25. The molecule has 0 aliphatic rings. The van der Waals surface area contributed by atoms with Gasteiger partial charge in [-0.1, -0.05) is 41.9 Å². The smallest absolute Gasteiger partial charge is 0.214 e. The summed E-state index contributed by atoms with van der Waals surface area (Å²) in [6.07, 6.45) is 3.28. The van der Waals surface area contributed by atoms with Gasteiger partial charge in [-0.2, -0.15) is 0 Å². The van der Waals surface area contributed by atoms with E-state index in [-0.39, 0.29) is 5.82 Å². The summed E-state index contributed by atoms with van der Waals surface area (Å²) in [6, 6.07) is 20.7. The van der Waals surface area contributed by atoms with Gasteiger partial charge in [-0.25, -0.2) is 14.4 Å². The van der Waals surface area contributed by atoms with E-state index in [9.17, 15) is 9.50 Å². The number of methoxy groups -OCH3 is 1. The molecule has 5 rings (SSSR count). The Hall–Kier alpha value is -3.74. The molecule has 0 amide bonds. The highest BCUT2D eigenvalue weighted by molar-refractivity contribution is 6.30. The summed E-state index contributed by atoms with van der Waals surface area (Å²) in [5, 5.41) is 13.6. The molecule has 5 nitrogen and oxygen atoms in total. The maximum atomic E-state index is 14.1. The van der Waals surface area contributed by atoms with Gasteiger partial charge in [0.2, 0.25) is 5.88 Å². The summed E-state index contributed by atoms with van der Waals surface area (Å²) in [5.41, 5.74) is 2.38. The Kier molecular flexibility index (Phi) is 5.55. The van der Waals surface area contributed by atoms with E-state index in [1.165, 1.54) is 12.1 Å². The Bertz CT molecular complexity index is 1500. The number of pyridine rings is 1. The van der Waals surface area contributed by atoms with Crippen molar-refractivity contribution in [2.75, 3.05) is 7.11 Å². The van der Waals surface area contributed by atoms with Crippen LogP contribution in [0.2, 0.25) is 5.02 Å². The fourth-order valence-corrected chi connectivity index (χ4v) is 4.41. The van der Waals surface area contributed by atoms with Crippen LogP contribution in [0.3, 0.4) is 0 Å². The van der Waals surface area contributed by atoms with Gasteiger partial charge in [0.1, 0.15) is 5.82 Å². The van der Waals surface area contributed by atoms with Gasteiger partial charge in [0.25, 0.3) is 0 Å². The second-order valence-corrected chi connectivity index (χ2v) is 8.50. The van der Waals surface area contributed by atoms with E-state index in [0.29, 0.717) is 38.8 Å². The van der Waals surface area contributed by atoms with E-state index in [1.54, 1.807) is 60.6 Å². The minimum absolute atomic E-state index is 0.342. The van der Waals surface area contributed by atoms with Crippen LogP contribution in [0.1, 0.15) is 16.8 Å². The fourth-order valence-electron chi connectivity index (χ4n) is 4.29. The van der Waals surface area contributed by atoms with Gasteiger partial charge in [0.15, 0.2) is 5.60 Å². The Labute approximate surface area is 201 Å². The molecule has 0 aliphatic carbocycles. The summed E-state index contributed by atoms with van der Waals surface area (Å²) >= 11 is 6.12. The van der Waals surface area contributed by atoms with E-state index in [0.717, 1.165) is 10.9 Å². The van der Waals surface area contributed by atoms with Gasteiger partial charge in [0.05, 0.1) is 30.8 Å². The summed E-state index contributed by atoms with van der Waals surface area (Å²) < 4.78 is 21.2. The average Bonchev–Trinajstić information content (AvgIpc) is 3.29. The minimum Gasteiger partial charge on any atom is -0.481 e. The third-order valence-electron chi connectivity index (χ3n) is 6.00. The quantitative estimate of drug-likeness (QED) is 0.354. The van der Waals surface area contributed by atoms with Crippen LogP contribution in [0.25, 0.3) is 22.0 Å². The lowest BCUT2D eigenvalue weighted by atomic mass is 9.82. The molecule has 0 saturated carbocycles. The van der Waals surface area contributed by atoms with Gasteiger partial charge in [0, 0.05) is 23.5 Å². The van der Waals surface area contributed by atoms with Crippen molar-refractivity contribution in [1.29, 1.82) is 0 Å². The van der Waals surface area contributed by atoms with Crippen LogP contribution in [0.15, 0.2) is 85.3 Å². The zero-order valence-electron chi connectivity index (χ0n) is 18.5. The van der Waals surface area contributed by atoms with E-state index >= 15 is 0 Å². The largest absolute Gasteiger partial charge is 0.481 e.